The molecule has 118 valence electrons. The number of nitrogens with zero attached hydrogens (tertiary/aromatic N) is 2. The summed E-state index contributed by atoms with van der Waals surface area (Å²) in [4.78, 5) is 38.3. The molecule has 0 radical (unpaired) electrons. The van der Waals surface area contributed by atoms with E-state index in [4.69, 9.17) is 5.11 Å². The number of hydrogen-bond donors (Lipinski definition) is 1. The topological polar surface area (TPSA) is 77.9 Å². The number of anilines is 1. The van der Waals surface area contributed by atoms with Crippen molar-refractivity contribution in [3.63, 3.8) is 0 Å². The van der Waals surface area contributed by atoms with E-state index in [0.717, 1.165) is 12.1 Å². The number of aliphatic carboxylic acids is 1. The van der Waals surface area contributed by atoms with Crippen molar-refractivity contribution in [3.05, 3.63) is 30.3 Å². The first-order chi connectivity index (χ1) is 10.5. The average molecular weight is 304 g/mol. The molecular formula is C16H20N2O4. The first-order valence-corrected chi connectivity index (χ1v) is 7.34. The minimum Gasteiger partial charge on any atom is -0.481 e. The molecule has 1 N–H and O–H groups in total. The monoisotopic (exact) mass is 304 g/mol. The second-order valence-corrected chi connectivity index (χ2v) is 5.38. The molecule has 0 saturated carbocycles. The van der Waals surface area contributed by atoms with Crippen molar-refractivity contribution in [2.45, 2.75) is 31.7 Å². The largest absolute Gasteiger partial charge is 0.481 e. The van der Waals surface area contributed by atoms with Crippen LogP contribution < -0.4 is 4.90 Å². The minimum absolute atomic E-state index is 0.0824. The second-order valence-electron chi connectivity index (χ2n) is 5.38. The van der Waals surface area contributed by atoms with E-state index in [1.807, 2.05) is 30.3 Å². The number of hydrogen-bond acceptors (Lipinski definition) is 3. The summed E-state index contributed by atoms with van der Waals surface area (Å²) >= 11 is 0. The van der Waals surface area contributed by atoms with Crippen LogP contribution in [0.5, 0.6) is 0 Å². The number of rotatable bonds is 5. The fourth-order valence-corrected chi connectivity index (χ4v) is 2.64. The highest BCUT2D eigenvalue weighted by molar-refractivity contribution is 6.00. The van der Waals surface area contributed by atoms with E-state index in [1.54, 1.807) is 11.9 Å². The third-order valence-electron chi connectivity index (χ3n) is 3.89. The Morgan fingerprint density at radius 1 is 1.27 bits per heavy atom. The van der Waals surface area contributed by atoms with Crippen LogP contribution >= 0.6 is 0 Å². The Bertz CT molecular complexity index is 559. The summed E-state index contributed by atoms with van der Waals surface area (Å²) in [6.45, 7) is 0.635. The van der Waals surface area contributed by atoms with Gasteiger partial charge in [0, 0.05) is 25.7 Å². The highest BCUT2D eigenvalue weighted by atomic mass is 16.4. The molecule has 2 amide bonds. The van der Waals surface area contributed by atoms with Gasteiger partial charge in [-0.2, -0.15) is 0 Å². The van der Waals surface area contributed by atoms with Gasteiger partial charge in [0.1, 0.15) is 6.04 Å². The highest BCUT2D eigenvalue weighted by Crippen LogP contribution is 2.23. The number of carbonyl (C=O) groups is 3. The maximum atomic E-state index is 12.6. The fraction of sp³-hybridized carbons (Fsp3) is 0.438. The molecule has 0 bridgehead atoms. The molecule has 1 aliphatic heterocycles. The number of amides is 2. The van der Waals surface area contributed by atoms with E-state index in [2.05, 4.69) is 0 Å². The second kappa shape index (κ2) is 7.06. The van der Waals surface area contributed by atoms with Crippen molar-refractivity contribution < 1.29 is 19.5 Å². The normalized spacial score (nSPS) is 18.1. The van der Waals surface area contributed by atoms with Crippen LogP contribution in [-0.4, -0.2) is 47.4 Å². The highest BCUT2D eigenvalue weighted by Gasteiger charge is 2.34. The Labute approximate surface area is 129 Å². The van der Waals surface area contributed by atoms with Crippen molar-refractivity contribution in [1.29, 1.82) is 0 Å². The van der Waals surface area contributed by atoms with Gasteiger partial charge < -0.3 is 14.9 Å². The van der Waals surface area contributed by atoms with Gasteiger partial charge in [0.2, 0.25) is 11.8 Å². The zero-order chi connectivity index (χ0) is 16.1. The van der Waals surface area contributed by atoms with Crippen LogP contribution in [0.4, 0.5) is 5.69 Å². The lowest BCUT2D eigenvalue weighted by Crippen LogP contribution is -2.53. The van der Waals surface area contributed by atoms with Crippen LogP contribution in [0.3, 0.4) is 0 Å². The zero-order valence-corrected chi connectivity index (χ0v) is 12.6. The van der Waals surface area contributed by atoms with Crippen molar-refractivity contribution in [2.75, 3.05) is 18.5 Å². The standard InChI is InChI=1S/C16H20N2O4/c1-17(14(19)9-10-15(20)21)13-8-5-11-18(16(13)22)12-6-3-2-4-7-12/h2-4,6-7,13H,5,8-11H2,1H3,(H,20,21). The average Bonchev–Trinajstić information content (AvgIpc) is 2.53. The summed E-state index contributed by atoms with van der Waals surface area (Å²) in [7, 11) is 1.57. The van der Waals surface area contributed by atoms with Crippen LogP contribution in [0.15, 0.2) is 30.3 Å². The molecule has 1 aromatic carbocycles. The van der Waals surface area contributed by atoms with E-state index < -0.39 is 12.0 Å². The maximum absolute atomic E-state index is 12.6. The number of carboxylic acids is 1. The van der Waals surface area contributed by atoms with E-state index in [0.29, 0.717) is 13.0 Å². The molecule has 1 heterocycles. The quantitative estimate of drug-likeness (QED) is 0.894. The third kappa shape index (κ3) is 3.63. The van der Waals surface area contributed by atoms with Crippen molar-refractivity contribution in [3.8, 4) is 0 Å². The summed E-state index contributed by atoms with van der Waals surface area (Å²) < 4.78 is 0. The van der Waals surface area contributed by atoms with Gasteiger partial charge in [0.15, 0.2) is 0 Å². The summed E-state index contributed by atoms with van der Waals surface area (Å²) in [5, 5.41) is 8.65. The van der Waals surface area contributed by atoms with E-state index in [1.165, 1.54) is 4.90 Å². The maximum Gasteiger partial charge on any atom is 0.303 e. The molecule has 0 spiro atoms. The van der Waals surface area contributed by atoms with Gasteiger partial charge in [-0.3, -0.25) is 14.4 Å². The van der Waals surface area contributed by atoms with Gasteiger partial charge in [-0.1, -0.05) is 18.2 Å². The number of para-hydroxylation sites is 1. The lowest BCUT2D eigenvalue weighted by Gasteiger charge is -2.36. The van der Waals surface area contributed by atoms with E-state index >= 15 is 0 Å². The van der Waals surface area contributed by atoms with Crippen LogP contribution in [0, 0.1) is 0 Å². The van der Waals surface area contributed by atoms with E-state index in [-0.39, 0.29) is 24.7 Å². The Hall–Kier alpha value is -2.37. The lowest BCUT2D eigenvalue weighted by molar-refractivity contribution is -0.143. The molecule has 1 unspecified atom stereocenters. The van der Waals surface area contributed by atoms with Crippen molar-refractivity contribution in [1.82, 2.24) is 4.90 Å². The first kappa shape index (κ1) is 16.0. The van der Waals surface area contributed by atoms with Crippen LogP contribution in [0.25, 0.3) is 0 Å². The summed E-state index contributed by atoms with van der Waals surface area (Å²) in [5.74, 6) is -1.43. The molecule has 1 aromatic rings. The zero-order valence-electron chi connectivity index (χ0n) is 12.6. The molecule has 22 heavy (non-hydrogen) atoms. The SMILES string of the molecule is CN(C(=O)CCC(=O)O)C1CCCN(c2ccccc2)C1=O. The molecule has 1 fully saturated rings. The predicted octanol–water partition coefficient (Wildman–Crippen LogP) is 1.51. The van der Waals surface area contributed by atoms with Gasteiger partial charge >= 0.3 is 5.97 Å². The van der Waals surface area contributed by atoms with Gasteiger partial charge in [-0.15, -0.1) is 0 Å². The molecule has 6 heteroatoms. The van der Waals surface area contributed by atoms with Gasteiger partial charge in [0.05, 0.1) is 6.42 Å². The predicted molar refractivity (Wildman–Crippen MR) is 81.5 cm³/mol. The Morgan fingerprint density at radius 2 is 1.95 bits per heavy atom. The van der Waals surface area contributed by atoms with E-state index in [9.17, 15) is 14.4 Å². The first-order valence-electron chi connectivity index (χ1n) is 7.34. The number of carbonyl (C=O) groups excluding carboxylic acids is 2. The fourth-order valence-electron chi connectivity index (χ4n) is 2.64. The molecule has 1 saturated heterocycles. The van der Waals surface area contributed by atoms with Gasteiger partial charge in [-0.25, -0.2) is 0 Å². The van der Waals surface area contributed by atoms with Gasteiger partial charge in [0.25, 0.3) is 0 Å². The minimum atomic E-state index is -1.01. The summed E-state index contributed by atoms with van der Waals surface area (Å²) in [5.41, 5.74) is 0.823. The Morgan fingerprint density at radius 3 is 2.59 bits per heavy atom. The molecule has 2 rings (SSSR count). The lowest BCUT2D eigenvalue weighted by atomic mass is 10.0. The van der Waals surface area contributed by atoms with Crippen LogP contribution in [0.1, 0.15) is 25.7 Å². The summed E-state index contributed by atoms with van der Waals surface area (Å²) in [6, 6.07) is 8.84. The van der Waals surface area contributed by atoms with Crippen molar-refractivity contribution >= 4 is 23.5 Å². The number of likely N-dealkylation sites (N-methyl/N-ethyl adjacent to an activating group) is 1. The molecule has 0 aromatic heterocycles. The third-order valence-corrected chi connectivity index (χ3v) is 3.89. The molecular weight excluding hydrogens is 284 g/mol. The van der Waals surface area contributed by atoms with Crippen LogP contribution in [-0.2, 0) is 14.4 Å². The molecule has 0 aliphatic carbocycles. The van der Waals surface area contributed by atoms with Gasteiger partial charge in [-0.05, 0) is 25.0 Å². The number of carboxylic acid groups (broad SMARTS) is 1. The van der Waals surface area contributed by atoms with Crippen molar-refractivity contribution in [2.24, 2.45) is 0 Å². The summed E-state index contributed by atoms with van der Waals surface area (Å²) in [6.07, 6.45) is 1.12. The molecule has 1 aliphatic rings. The Balaban J connectivity index is 2.06. The van der Waals surface area contributed by atoms with Crippen LogP contribution in [0.2, 0.25) is 0 Å². The number of piperidine rings is 1. The smallest absolute Gasteiger partial charge is 0.303 e. The Kier molecular flexibility index (Phi) is 5.14. The number of benzene rings is 1. The molecule has 1 atom stereocenters. The molecule has 6 nitrogen and oxygen atoms in total.